The molecule has 3 rings (SSSR count). The summed E-state index contributed by atoms with van der Waals surface area (Å²) in [4.78, 5) is 65.0. The number of hydrogen-bond donors (Lipinski definition) is 6. The maximum Gasteiger partial charge on any atom is 0.369 e. The van der Waals surface area contributed by atoms with Crippen molar-refractivity contribution in [3.05, 3.63) is 58.6 Å². The van der Waals surface area contributed by atoms with Gasteiger partial charge in [-0.15, -0.1) is 0 Å². The van der Waals surface area contributed by atoms with Crippen LogP contribution in [0.4, 0.5) is 5.69 Å². The lowest BCUT2D eigenvalue weighted by molar-refractivity contribution is -0.122. The van der Waals surface area contributed by atoms with Gasteiger partial charge in [0.25, 0.3) is 11.0 Å². The lowest BCUT2D eigenvalue weighted by Gasteiger charge is -2.35. The third-order valence-corrected chi connectivity index (χ3v) is 11.0. The van der Waals surface area contributed by atoms with E-state index in [4.69, 9.17) is 16.3 Å². The standard InChI is InChI=1S/C25H33ClN2O10P2/c1-24(16-22(29)27-13-5-3-4-12-25(31,39(32,33)34)40(35,36)37)15-18-14-20(38-2)10-11-21(18)28(24)23(30)17-6-8-19(26)9-7-17/h6-11,14,31H,3-5,12-13,15-16H2,1-2H3,(H,27,29)(H2,32,33,34)(H2,35,36,37). The van der Waals surface area contributed by atoms with Gasteiger partial charge in [-0.1, -0.05) is 18.0 Å². The molecule has 1 heterocycles. The molecule has 2 aromatic rings. The first kappa shape index (κ1) is 32.2. The first-order chi connectivity index (χ1) is 18.5. The van der Waals surface area contributed by atoms with E-state index in [0.717, 1.165) is 5.56 Å². The van der Waals surface area contributed by atoms with Crippen LogP contribution in [0.5, 0.6) is 5.75 Å². The lowest BCUT2D eigenvalue weighted by Crippen LogP contribution is -2.50. The Labute approximate surface area is 236 Å². The Morgan fingerprint density at radius 2 is 1.68 bits per heavy atom. The van der Waals surface area contributed by atoms with E-state index in [2.05, 4.69) is 5.32 Å². The zero-order chi connectivity index (χ0) is 29.9. The van der Waals surface area contributed by atoms with Gasteiger partial charge in [0.15, 0.2) is 0 Å². The Morgan fingerprint density at radius 3 is 2.25 bits per heavy atom. The van der Waals surface area contributed by atoms with Gasteiger partial charge in [-0.05, 0) is 80.6 Å². The summed E-state index contributed by atoms with van der Waals surface area (Å²) in [6, 6.07) is 11.8. The number of carbonyl (C=O) groups excluding carboxylic acids is 2. The van der Waals surface area contributed by atoms with Crippen molar-refractivity contribution >= 4 is 44.3 Å². The fourth-order valence-corrected chi connectivity index (χ4v) is 7.19. The quantitative estimate of drug-likeness (QED) is 0.152. The topological polar surface area (TPSA) is 194 Å². The summed E-state index contributed by atoms with van der Waals surface area (Å²) in [5.74, 6) is -0.00709. The van der Waals surface area contributed by atoms with Crippen molar-refractivity contribution in [2.45, 2.75) is 56.1 Å². The number of ether oxygens (including phenoxy) is 1. The molecule has 0 fully saturated rings. The molecule has 1 atom stereocenters. The third-order valence-electron chi connectivity index (χ3n) is 6.92. The van der Waals surface area contributed by atoms with Gasteiger partial charge in [0.05, 0.1) is 19.1 Å². The second-order valence-corrected chi connectivity index (χ2v) is 14.5. The summed E-state index contributed by atoms with van der Waals surface area (Å²) in [7, 11) is -9.46. The average Bonchev–Trinajstić information content (AvgIpc) is 3.14. The van der Waals surface area contributed by atoms with Gasteiger partial charge >= 0.3 is 15.2 Å². The minimum Gasteiger partial charge on any atom is -0.497 e. The number of aliphatic hydroxyl groups is 1. The fraction of sp³-hybridized carbons (Fsp3) is 0.440. The Kier molecular flexibility index (Phi) is 9.92. The molecule has 0 aromatic heterocycles. The molecule has 2 aromatic carbocycles. The number of nitrogens with zero attached hydrogens (tertiary/aromatic N) is 1. The summed E-state index contributed by atoms with van der Waals surface area (Å²) in [6.45, 7) is 1.99. The maximum absolute atomic E-state index is 13.6. The van der Waals surface area contributed by atoms with Gasteiger partial charge < -0.3 is 39.6 Å². The minimum atomic E-state index is -5.50. The van der Waals surface area contributed by atoms with Crippen molar-refractivity contribution in [3.63, 3.8) is 0 Å². The van der Waals surface area contributed by atoms with Crippen LogP contribution >= 0.6 is 26.8 Å². The number of rotatable bonds is 12. The van der Waals surface area contributed by atoms with Crippen LogP contribution in [0.1, 0.15) is 54.9 Å². The number of methoxy groups -OCH3 is 1. The van der Waals surface area contributed by atoms with Crippen molar-refractivity contribution < 1.29 is 48.1 Å². The summed E-state index contributed by atoms with van der Waals surface area (Å²) in [5, 5.41) is 9.75. The molecule has 40 heavy (non-hydrogen) atoms. The van der Waals surface area contributed by atoms with E-state index in [1.165, 1.54) is 0 Å². The van der Waals surface area contributed by atoms with Crippen LogP contribution in [-0.2, 0) is 20.3 Å². The van der Waals surface area contributed by atoms with Crippen molar-refractivity contribution in [1.82, 2.24) is 5.32 Å². The second kappa shape index (κ2) is 12.3. The third kappa shape index (κ3) is 6.95. The molecule has 0 radical (unpaired) electrons. The van der Waals surface area contributed by atoms with E-state index < -0.39 is 32.2 Å². The summed E-state index contributed by atoms with van der Waals surface area (Å²) >= 11 is 5.98. The molecule has 2 amide bonds. The molecule has 1 aliphatic rings. The number of carbonyl (C=O) groups is 2. The van der Waals surface area contributed by atoms with Gasteiger partial charge in [-0.3, -0.25) is 18.7 Å². The largest absolute Gasteiger partial charge is 0.497 e. The SMILES string of the molecule is COc1ccc2c(c1)CC(C)(CC(=O)NCCCCCC(O)(P(=O)(O)O)P(=O)(O)O)N2C(=O)c1ccc(Cl)cc1. The highest BCUT2D eigenvalue weighted by atomic mass is 35.5. The number of unbranched alkanes of at least 4 members (excludes halogenated alkanes) is 2. The van der Waals surface area contributed by atoms with Crippen molar-refractivity contribution in [2.24, 2.45) is 0 Å². The van der Waals surface area contributed by atoms with E-state index in [1.54, 1.807) is 48.4 Å². The first-order valence-electron chi connectivity index (χ1n) is 12.4. The molecule has 1 aliphatic heterocycles. The molecule has 0 spiro atoms. The van der Waals surface area contributed by atoms with Crippen LogP contribution in [0.25, 0.3) is 0 Å². The second-order valence-electron chi connectivity index (χ2n) is 10.0. The van der Waals surface area contributed by atoms with Gasteiger partial charge in [0, 0.05) is 22.8 Å². The van der Waals surface area contributed by atoms with E-state index in [-0.39, 0.29) is 37.6 Å². The Hall–Kier alpha value is -2.27. The average molecular weight is 619 g/mol. The molecule has 0 saturated heterocycles. The smallest absolute Gasteiger partial charge is 0.369 e. The number of nitrogens with one attached hydrogen (secondary N) is 1. The molecule has 6 N–H and O–H groups in total. The number of fused-ring (bicyclic) bond motifs is 1. The van der Waals surface area contributed by atoms with Gasteiger partial charge in [0.2, 0.25) is 5.91 Å². The normalized spacial score (nSPS) is 17.4. The number of halogens is 1. The van der Waals surface area contributed by atoms with Crippen LogP contribution in [0, 0.1) is 0 Å². The molecular formula is C25H33ClN2O10P2. The monoisotopic (exact) mass is 618 g/mol. The molecule has 0 saturated carbocycles. The van der Waals surface area contributed by atoms with Gasteiger partial charge in [-0.25, -0.2) is 0 Å². The highest BCUT2D eigenvalue weighted by molar-refractivity contribution is 7.72. The zero-order valence-electron chi connectivity index (χ0n) is 22.0. The number of hydrogen-bond acceptors (Lipinski definition) is 6. The van der Waals surface area contributed by atoms with E-state index in [9.17, 15) is 43.4 Å². The molecule has 12 nitrogen and oxygen atoms in total. The van der Waals surface area contributed by atoms with E-state index in [0.29, 0.717) is 34.9 Å². The minimum absolute atomic E-state index is 0.0283. The fourth-order valence-electron chi connectivity index (χ4n) is 4.81. The molecule has 1 unspecified atom stereocenters. The summed E-state index contributed by atoms with van der Waals surface area (Å²) in [6.07, 6.45) is 0.0188. The van der Waals surface area contributed by atoms with Crippen LogP contribution in [0.3, 0.4) is 0 Å². The number of amides is 2. The number of anilines is 1. The molecular weight excluding hydrogens is 586 g/mol. The van der Waals surface area contributed by atoms with Gasteiger partial charge in [0.1, 0.15) is 5.75 Å². The van der Waals surface area contributed by atoms with E-state index >= 15 is 0 Å². The van der Waals surface area contributed by atoms with E-state index in [1.807, 2.05) is 13.0 Å². The lowest BCUT2D eigenvalue weighted by atomic mass is 9.91. The predicted octanol–water partition coefficient (Wildman–Crippen LogP) is 3.38. The molecule has 220 valence electrons. The predicted molar refractivity (Wildman–Crippen MR) is 148 cm³/mol. The van der Waals surface area contributed by atoms with Crippen LogP contribution < -0.4 is 15.0 Å². The Bertz CT molecular complexity index is 1320. The van der Waals surface area contributed by atoms with Gasteiger partial charge in [-0.2, -0.15) is 0 Å². The molecule has 15 heteroatoms. The van der Waals surface area contributed by atoms with Crippen LogP contribution in [0.15, 0.2) is 42.5 Å². The first-order valence-corrected chi connectivity index (χ1v) is 16.0. The Morgan fingerprint density at radius 1 is 1.05 bits per heavy atom. The van der Waals surface area contributed by atoms with Crippen molar-refractivity contribution in [3.8, 4) is 5.75 Å². The van der Waals surface area contributed by atoms with Crippen LogP contribution in [-0.4, -0.2) is 60.8 Å². The van der Waals surface area contributed by atoms with Crippen molar-refractivity contribution in [1.29, 1.82) is 0 Å². The Balaban J connectivity index is 1.64. The molecule has 0 aliphatic carbocycles. The molecule has 0 bridgehead atoms. The summed E-state index contributed by atoms with van der Waals surface area (Å²) in [5.41, 5.74) is 1.02. The zero-order valence-corrected chi connectivity index (χ0v) is 24.5. The van der Waals surface area contributed by atoms with Crippen molar-refractivity contribution in [2.75, 3.05) is 18.6 Å². The number of benzene rings is 2. The summed E-state index contributed by atoms with van der Waals surface area (Å²) < 4.78 is 28.2. The maximum atomic E-state index is 13.6. The highest BCUT2D eigenvalue weighted by Crippen LogP contribution is 2.69. The van der Waals surface area contributed by atoms with Crippen LogP contribution in [0.2, 0.25) is 5.02 Å². The highest BCUT2D eigenvalue weighted by Gasteiger charge is 2.58.